The van der Waals surface area contributed by atoms with Crippen molar-refractivity contribution in [3.8, 4) is 6.07 Å². The molecule has 5 heterocycles. The molecule has 2 N–H and O–H groups in total. The number of nitrogens with one attached hydrogen (secondary N) is 2. The summed E-state index contributed by atoms with van der Waals surface area (Å²) in [5, 5.41) is 12.8. The molecule has 10 rings (SSSR count). The Kier molecular flexibility index (Phi) is 11.0. The van der Waals surface area contributed by atoms with Gasteiger partial charge in [0.15, 0.2) is 5.78 Å². The highest BCUT2D eigenvalue weighted by Crippen LogP contribution is 2.46. The van der Waals surface area contributed by atoms with Crippen LogP contribution in [-0.2, 0) is 47.2 Å². The van der Waals surface area contributed by atoms with Crippen LogP contribution in [0.2, 0.25) is 0 Å². The number of ketones is 1. The second-order valence-corrected chi connectivity index (χ2v) is 19.1. The van der Waals surface area contributed by atoms with Gasteiger partial charge >= 0.3 is 0 Å². The Hall–Kier alpha value is -6.09. The average Bonchev–Trinajstić information content (AvgIpc) is 3.88. The molecule has 0 bridgehead atoms. The van der Waals surface area contributed by atoms with Crippen molar-refractivity contribution in [2.75, 3.05) is 50.7 Å². The number of nitrogens with zero attached hydrogens (tertiary/aromatic N) is 5. The van der Waals surface area contributed by atoms with Gasteiger partial charge in [0, 0.05) is 104 Å². The van der Waals surface area contributed by atoms with E-state index in [1.165, 1.54) is 22.4 Å². The molecule has 1 aromatic heterocycles. The zero-order valence-corrected chi connectivity index (χ0v) is 37.3. The summed E-state index contributed by atoms with van der Waals surface area (Å²) in [6, 6.07) is 27.2. The van der Waals surface area contributed by atoms with E-state index in [1.807, 2.05) is 24.3 Å². The average molecular weight is 856 g/mol. The van der Waals surface area contributed by atoms with Crippen LogP contribution < -0.4 is 10.2 Å². The summed E-state index contributed by atoms with van der Waals surface area (Å²) in [7, 11) is 0. The maximum atomic E-state index is 14.2. The van der Waals surface area contributed by atoms with Gasteiger partial charge in [-0.1, -0.05) is 63.2 Å². The summed E-state index contributed by atoms with van der Waals surface area (Å²) in [6.45, 7) is 14.5. The van der Waals surface area contributed by atoms with Gasteiger partial charge in [-0.2, -0.15) is 5.26 Å². The number of carbonyl (C=O) groups is 4. The summed E-state index contributed by atoms with van der Waals surface area (Å²) in [6.07, 6.45) is 6.47. The fourth-order valence-corrected chi connectivity index (χ4v) is 11.3. The molecule has 11 nitrogen and oxygen atoms in total. The van der Waals surface area contributed by atoms with Gasteiger partial charge in [0.2, 0.25) is 11.8 Å². The fraction of sp³-hybridized carbons (Fsp3) is 0.415. The summed E-state index contributed by atoms with van der Waals surface area (Å²) >= 11 is 0. The largest absolute Gasteiger partial charge is 0.371 e. The highest BCUT2D eigenvalue weighted by Gasteiger charge is 2.42. The van der Waals surface area contributed by atoms with Crippen LogP contribution in [0.3, 0.4) is 0 Å². The molecule has 1 aliphatic carbocycles. The highest BCUT2D eigenvalue weighted by molar-refractivity contribution is 6.20. The molecule has 5 aromatic rings. The van der Waals surface area contributed by atoms with Crippen LogP contribution in [0.25, 0.3) is 10.9 Å². The number of piperazine rings is 1. The second-order valence-electron chi connectivity index (χ2n) is 19.1. The zero-order valence-electron chi connectivity index (χ0n) is 37.3. The Morgan fingerprint density at radius 1 is 0.797 bits per heavy atom. The quantitative estimate of drug-likeness (QED) is 0.146. The van der Waals surface area contributed by atoms with Gasteiger partial charge in [0.05, 0.1) is 17.2 Å². The van der Waals surface area contributed by atoms with Gasteiger partial charge in [0.25, 0.3) is 5.91 Å². The first-order chi connectivity index (χ1) is 31.0. The van der Waals surface area contributed by atoms with Crippen LogP contribution in [0.1, 0.15) is 117 Å². The smallest absolute Gasteiger partial charge is 0.255 e. The van der Waals surface area contributed by atoms with Crippen LogP contribution in [0.15, 0.2) is 72.8 Å². The number of hydrogen-bond acceptors (Lipinski definition) is 8. The predicted octanol–water partition coefficient (Wildman–Crippen LogP) is 6.85. The summed E-state index contributed by atoms with van der Waals surface area (Å²) in [4.78, 5) is 64.7. The van der Waals surface area contributed by atoms with Gasteiger partial charge in [-0.25, -0.2) is 0 Å². The third-order valence-corrected chi connectivity index (χ3v) is 15.1. The Balaban J connectivity index is 0.702. The Morgan fingerprint density at radius 2 is 1.55 bits per heavy atom. The summed E-state index contributed by atoms with van der Waals surface area (Å²) in [5.74, 6) is -0.705. The molecule has 328 valence electrons. The first kappa shape index (κ1) is 41.9. The van der Waals surface area contributed by atoms with Crippen LogP contribution >= 0.6 is 0 Å². The zero-order chi connectivity index (χ0) is 44.3. The van der Waals surface area contributed by atoms with Gasteiger partial charge in [-0.05, 0) is 109 Å². The maximum absolute atomic E-state index is 14.2. The van der Waals surface area contributed by atoms with E-state index >= 15 is 0 Å². The van der Waals surface area contributed by atoms with Crippen molar-refractivity contribution in [3.63, 3.8) is 0 Å². The van der Waals surface area contributed by atoms with Crippen LogP contribution in [-0.4, -0.2) is 101 Å². The number of hydrogen-bond donors (Lipinski definition) is 2. The maximum Gasteiger partial charge on any atom is 0.255 e. The minimum absolute atomic E-state index is 0.0699. The number of amides is 3. The van der Waals surface area contributed by atoms with Crippen molar-refractivity contribution in [2.24, 2.45) is 0 Å². The molecule has 1 unspecified atom stereocenters. The van der Waals surface area contributed by atoms with Gasteiger partial charge in [-0.15, -0.1) is 0 Å². The molecule has 5 aliphatic rings. The lowest BCUT2D eigenvalue weighted by Crippen LogP contribution is -2.53. The van der Waals surface area contributed by atoms with E-state index in [9.17, 15) is 24.4 Å². The number of benzene rings is 4. The number of imide groups is 1. The lowest BCUT2D eigenvalue weighted by Gasteiger charge is -2.44. The van der Waals surface area contributed by atoms with Crippen molar-refractivity contribution < 1.29 is 19.2 Å². The molecule has 64 heavy (non-hydrogen) atoms. The molecule has 0 spiro atoms. The number of piperidine rings is 2. The van der Waals surface area contributed by atoms with Crippen LogP contribution in [0, 0.1) is 11.3 Å². The molecule has 0 saturated carbocycles. The molecule has 3 saturated heterocycles. The van der Waals surface area contributed by atoms with Crippen LogP contribution in [0.5, 0.6) is 0 Å². The monoisotopic (exact) mass is 855 g/mol. The number of H-pyrrole nitrogens is 1. The first-order valence-electron chi connectivity index (χ1n) is 23.3. The van der Waals surface area contributed by atoms with Crippen molar-refractivity contribution in [2.45, 2.75) is 96.2 Å². The normalized spacial score (nSPS) is 20.3. The Labute approximate surface area is 375 Å². The third kappa shape index (κ3) is 7.50. The highest BCUT2D eigenvalue weighted by atomic mass is 16.2. The third-order valence-electron chi connectivity index (χ3n) is 15.1. The summed E-state index contributed by atoms with van der Waals surface area (Å²) in [5.41, 5.74) is 12.5. The van der Waals surface area contributed by atoms with E-state index < -0.39 is 11.5 Å². The van der Waals surface area contributed by atoms with E-state index in [2.05, 4.69) is 94.3 Å². The number of rotatable bonds is 10. The molecular formula is C53H57N7O4. The van der Waals surface area contributed by atoms with Crippen molar-refractivity contribution in [1.82, 2.24) is 25.0 Å². The number of aromatic amines is 1. The number of carbonyl (C=O) groups excluding carboxylic acids is 4. The van der Waals surface area contributed by atoms with Gasteiger partial charge in [-0.3, -0.25) is 29.4 Å². The molecule has 3 fully saturated rings. The van der Waals surface area contributed by atoms with E-state index in [-0.39, 0.29) is 29.9 Å². The van der Waals surface area contributed by atoms with E-state index in [0.29, 0.717) is 30.1 Å². The van der Waals surface area contributed by atoms with Gasteiger partial charge in [0.1, 0.15) is 6.04 Å². The number of aryl methyl sites for hydroxylation is 3. The van der Waals surface area contributed by atoms with Crippen molar-refractivity contribution in [3.05, 3.63) is 134 Å². The predicted molar refractivity (Wildman–Crippen MR) is 248 cm³/mol. The minimum atomic E-state index is -0.600. The molecule has 11 heteroatoms. The number of anilines is 1. The van der Waals surface area contributed by atoms with E-state index in [0.717, 1.165) is 129 Å². The topological polar surface area (TPSA) is 133 Å². The molecular weight excluding hydrogens is 799 g/mol. The van der Waals surface area contributed by atoms with Crippen molar-refractivity contribution >= 4 is 40.1 Å². The first-order valence-corrected chi connectivity index (χ1v) is 23.3. The fourth-order valence-electron chi connectivity index (χ4n) is 11.3. The SMILES string of the molecule is CCc1cc2c(cc1N1CCC(N3CCN(CCc4ccc(CCc5cccc6c5CN(C5CCC(=O)NC5=O)C6=O)cc4)CC3)CC1)C(C)(C)c1[nH]c3cc(C#N)ccc3c1C2=O. The number of aromatic nitrogens is 1. The van der Waals surface area contributed by atoms with E-state index in [1.54, 1.807) is 11.0 Å². The molecule has 4 aliphatic heterocycles. The van der Waals surface area contributed by atoms with Gasteiger partial charge < -0.3 is 19.7 Å². The Morgan fingerprint density at radius 3 is 2.27 bits per heavy atom. The van der Waals surface area contributed by atoms with Crippen molar-refractivity contribution in [1.29, 1.82) is 5.26 Å². The number of nitriles is 1. The molecule has 3 amide bonds. The lowest BCUT2D eigenvalue weighted by atomic mass is 9.70. The molecule has 0 radical (unpaired) electrons. The summed E-state index contributed by atoms with van der Waals surface area (Å²) < 4.78 is 0. The minimum Gasteiger partial charge on any atom is -0.371 e. The number of fused-ring (bicyclic) bond motifs is 5. The molecule has 1 atom stereocenters. The lowest BCUT2D eigenvalue weighted by molar-refractivity contribution is -0.136. The second kappa shape index (κ2) is 16.8. The van der Waals surface area contributed by atoms with E-state index in [4.69, 9.17) is 0 Å². The Bertz CT molecular complexity index is 2730. The van der Waals surface area contributed by atoms with Crippen LogP contribution in [0.4, 0.5) is 5.69 Å². The standard InChI is InChI=1S/C53H57N7O4/c1-4-36-29-41-43(53(2,3)50-48(49(41)62)40-15-13-35(31-54)28-44(40)55-50)30-46(36)59-22-19-38(20-23-59)58-26-24-57(25-27-58)21-18-34-10-8-33(9-11-34)12-14-37-6-5-7-39-42(37)32-60(52(39)64)45-16-17-47(61)56-51(45)63/h5-11,13,15,28-30,38,45,55H,4,12,14,16-27,32H2,1-3H3,(H,56,61,63). The molecule has 4 aromatic carbocycles.